The van der Waals surface area contributed by atoms with Gasteiger partial charge in [0.2, 0.25) is 29.6 Å². The van der Waals surface area contributed by atoms with Crippen LogP contribution in [0.5, 0.6) is 0 Å². The third-order valence-electron chi connectivity index (χ3n) is 25.0. The normalized spacial score (nSPS) is 13.7. The first-order valence-electron chi connectivity index (χ1n) is 45.7. The number of carbonyl (C=O) groups excluding carboxylic acids is 7. The molecule has 8 aromatic heterocycles. The van der Waals surface area contributed by atoms with E-state index in [0.29, 0.717) is 107 Å². The lowest BCUT2D eigenvalue weighted by Gasteiger charge is -2.20. The fourth-order valence-electron chi connectivity index (χ4n) is 17.7. The Morgan fingerprint density at radius 2 is 0.787 bits per heavy atom. The van der Waals surface area contributed by atoms with Gasteiger partial charge < -0.3 is 26.3 Å². The number of H-pyrrole nitrogens is 1. The Morgan fingerprint density at radius 3 is 1.29 bits per heavy atom. The number of hydrogen-bond donors (Lipinski definition) is 5. The Kier molecular flexibility index (Phi) is 27.8. The van der Waals surface area contributed by atoms with Crippen molar-refractivity contribution in [3.8, 4) is 50.5 Å². The molecule has 5 N–H and O–H groups in total. The highest BCUT2D eigenvalue weighted by Gasteiger charge is 2.52. The molecule has 0 saturated carbocycles. The standard InChI is InChI=1S/C29H22F4N4O2.C28H22F3N5O2.C27H20F3N5O2.C26H18F3N5O2/c1-16-7-9-18(15-22(16)30)36-26(38)20-14-17(8-10-21(20)29(31,32)33)19-11-13-35-25-24(19)28(2,3)27(39)37(25)23-6-4-5-12-34-23;1-16-7-9-18(10-8-16)35-25(37)20-13-17(14-33-24(20)28(29,30)31)19-5-4-6-21-23(19)27(2,3)26(38)36(21)22-11-12-32-15-34-22;1-26(2)22-17(7-5-8-20(22)35(24(26)37)25-32-13-6-14-33-25)16-10-11-19(27(28,29)30)18(15-16)23(36)34-21-9-3-4-12-31-21;1-15-6-9-17(10-7-15)32-23(35)19-14-16(8-11-20(19)26(27,28)29)18-4-2-5-21-22(18)33-25(36)34(21)24-30-12-3-13-31-24/h4-15H,1-3H3,(H,36,38);4-15H,1-3H3,(H,35,37);3-15H,1-2H3,(H,31,34,36);2-14H,1H3,(H,32,35)(H,33,36). The minimum atomic E-state index is -4.85. The van der Waals surface area contributed by atoms with Crippen LogP contribution in [0.15, 0.2) is 310 Å². The van der Waals surface area contributed by atoms with Crippen LogP contribution in [0.3, 0.4) is 0 Å². The lowest BCUT2D eigenvalue weighted by Crippen LogP contribution is -2.34. The maximum Gasteiger partial charge on any atom is 0.434 e. The number of aromatic amines is 1. The summed E-state index contributed by atoms with van der Waals surface area (Å²) < 4.78 is 182. The van der Waals surface area contributed by atoms with Crippen molar-refractivity contribution in [3.63, 3.8) is 0 Å². The molecule has 40 heteroatoms. The van der Waals surface area contributed by atoms with Crippen LogP contribution >= 0.6 is 0 Å². The number of carbonyl (C=O) groups is 7. The molecule has 7 amide bonds. The Bertz CT molecular complexity index is 8230. The molecule has 11 heterocycles. The van der Waals surface area contributed by atoms with Gasteiger partial charge in [-0.2, -0.15) is 52.7 Å². The fraction of sp³-hybridized carbons (Fsp3) is 0.145. The number of amides is 7. The number of fused-ring (bicyclic) bond motifs is 4. The van der Waals surface area contributed by atoms with Crippen molar-refractivity contribution in [2.24, 2.45) is 0 Å². The molecule has 17 aromatic rings. The minimum Gasteiger partial charge on any atom is -0.322 e. The lowest BCUT2D eigenvalue weighted by atomic mass is 9.81. The average Bonchev–Trinajstić information content (AvgIpc) is 1.56. The maximum absolute atomic E-state index is 14.0. The number of halogens is 13. The zero-order chi connectivity index (χ0) is 107. The van der Waals surface area contributed by atoms with Crippen molar-refractivity contribution in [2.75, 3.05) is 36.0 Å². The summed E-state index contributed by atoms with van der Waals surface area (Å²) in [5, 5.41) is 9.84. The summed E-state index contributed by atoms with van der Waals surface area (Å²) in [4.78, 5) is 153. The topological polar surface area (TPSA) is 344 Å². The van der Waals surface area contributed by atoms with Crippen molar-refractivity contribution < 1.29 is 90.6 Å². The van der Waals surface area contributed by atoms with Gasteiger partial charge in [-0.1, -0.05) is 108 Å². The number of anilines is 10. The second kappa shape index (κ2) is 40.5. The zero-order valence-electron chi connectivity index (χ0n) is 80.3. The van der Waals surface area contributed by atoms with E-state index in [-0.39, 0.29) is 52.3 Å². The Balaban J connectivity index is 0.000000136. The quantitative estimate of drug-likeness (QED) is 0.0561. The Hall–Kier alpha value is -18.5. The molecule has 0 saturated heterocycles. The van der Waals surface area contributed by atoms with Gasteiger partial charge in [0.25, 0.3) is 23.6 Å². The van der Waals surface area contributed by atoms with E-state index >= 15 is 0 Å². The van der Waals surface area contributed by atoms with E-state index in [4.69, 9.17) is 0 Å². The van der Waals surface area contributed by atoms with E-state index < -0.39 is 121 Å². The van der Waals surface area contributed by atoms with Crippen LogP contribution in [-0.2, 0) is 55.3 Å². The van der Waals surface area contributed by atoms with E-state index in [2.05, 4.69) is 76.1 Å². The number of nitrogens with one attached hydrogen (secondary N) is 5. The molecule has 756 valence electrons. The first-order chi connectivity index (χ1) is 71.2. The van der Waals surface area contributed by atoms with Gasteiger partial charge in [0, 0.05) is 89.5 Å². The van der Waals surface area contributed by atoms with Crippen molar-refractivity contribution in [3.05, 3.63) is 399 Å². The number of para-hydroxylation sites is 1. The molecule has 0 radical (unpaired) electrons. The van der Waals surface area contributed by atoms with Gasteiger partial charge in [0.1, 0.15) is 35.4 Å². The van der Waals surface area contributed by atoms with Crippen molar-refractivity contribution in [1.29, 1.82) is 0 Å². The first-order valence-corrected chi connectivity index (χ1v) is 45.7. The number of aromatic nitrogens is 12. The molecule has 3 aliphatic heterocycles. The van der Waals surface area contributed by atoms with E-state index in [1.807, 2.05) is 13.8 Å². The second-order valence-electron chi connectivity index (χ2n) is 36.2. The summed E-state index contributed by atoms with van der Waals surface area (Å²) in [5.74, 6) is -3.78. The molecule has 3 aliphatic rings. The van der Waals surface area contributed by atoms with Gasteiger partial charge in [-0.3, -0.25) is 43.4 Å². The van der Waals surface area contributed by atoms with Gasteiger partial charge in [-0.05, 0) is 258 Å². The number of imidazole rings is 1. The number of alkyl halides is 12. The molecule has 27 nitrogen and oxygen atoms in total. The van der Waals surface area contributed by atoms with E-state index in [1.165, 1.54) is 137 Å². The highest BCUT2D eigenvalue weighted by Crippen LogP contribution is 2.54. The van der Waals surface area contributed by atoms with Crippen LogP contribution in [0.2, 0.25) is 0 Å². The van der Waals surface area contributed by atoms with Crippen LogP contribution < -0.4 is 41.7 Å². The monoisotopic (exact) mass is 2040 g/mol. The van der Waals surface area contributed by atoms with E-state index in [1.54, 1.807) is 199 Å². The molecule has 0 aliphatic carbocycles. The van der Waals surface area contributed by atoms with Crippen molar-refractivity contribution in [2.45, 2.75) is 103 Å². The summed E-state index contributed by atoms with van der Waals surface area (Å²) in [6, 6.07) is 59.9. The van der Waals surface area contributed by atoms with Gasteiger partial charge in [0.05, 0.1) is 77.6 Å². The van der Waals surface area contributed by atoms with Gasteiger partial charge >= 0.3 is 30.4 Å². The fourth-order valence-corrected chi connectivity index (χ4v) is 17.7. The predicted molar refractivity (Wildman–Crippen MR) is 535 cm³/mol. The third-order valence-corrected chi connectivity index (χ3v) is 25.0. The molecule has 9 aromatic carbocycles. The Morgan fingerprint density at radius 1 is 0.347 bits per heavy atom. The number of nitrogens with zero attached hydrogens (tertiary/aromatic N) is 14. The van der Waals surface area contributed by atoms with Crippen LogP contribution in [-0.4, -0.2) is 101 Å². The molecule has 150 heavy (non-hydrogen) atoms. The number of aryl methyl sites for hydroxylation is 3. The third kappa shape index (κ3) is 20.5. The molecule has 0 atom stereocenters. The summed E-state index contributed by atoms with van der Waals surface area (Å²) in [6.07, 6.45) is -4.82. The SMILES string of the molecule is CC1(C)C(=O)N(c2ncccn2)c2cccc(-c3ccc(C(F)(F)F)c(C(=O)Nc4ccccn4)c3)c21.Cc1ccc(NC(=O)c2cc(-c3cccc4c3C(C)(C)C(=O)N4c3ccncn3)cnc2C(F)(F)F)cc1.Cc1ccc(NC(=O)c2cc(-c3cccc4c3[nH]c(=O)n4-c3ncccn3)ccc2C(F)(F)F)cc1.Cc1ccc(NC(=O)c2cc(-c3ccnc4c3C(C)(C)C(=O)N4c3ccccn3)ccc2C(F)(F)F)cc1F. The van der Waals surface area contributed by atoms with Gasteiger partial charge in [-0.15, -0.1) is 0 Å². The molecule has 20 rings (SSSR count). The molecule has 0 fully saturated rings. The zero-order valence-corrected chi connectivity index (χ0v) is 80.3. The van der Waals surface area contributed by atoms with Crippen molar-refractivity contribution in [1.82, 2.24) is 59.4 Å². The summed E-state index contributed by atoms with van der Waals surface area (Å²) in [6.45, 7) is 15.6. The Labute approximate surface area is 844 Å². The summed E-state index contributed by atoms with van der Waals surface area (Å²) in [5.41, 5.74) is -0.961. The van der Waals surface area contributed by atoms with Gasteiger partial charge in [0.15, 0.2) is 5.69 Å². The smallest absolute Gasteiger partial charge is 0.322 e. The van der Waals surface area contributed by atoms with Gasteiger partial charge in [-0.25, -0.2) is 68.4 Å². The largest absolute Gasteiger partial charge is 0.434 e. The molecular formula is C110H82F13N19O8. The van der Waals surface area contributed by atoms with Crippen LogP contribution in [0.4, 0.5) is 115 Å². The average molecular weight is 2040 g/mol. The summed E-state index contributed by atoms with van der Waals surface area (Å²) in [7, 11) is 0. The predicted octanol–water partition coefficient (Wildman–Crippen LogP) is 24.0. The molecule has 0 unspecified atom stereocenters. The van der Waals surface area contributed by atoms with Crippen LogP contribution in [0.1, 0.15) is 139 Å². The number of benzene rings is 9. The van der Waals surface area contributed by atoms with E-state index in [0.717, 1.165) is 47.7 Å². The number of hydrogen-bond acceptors (Lipinski definition) is 18. The van der Waals surface area contributed by atoms with Crippen LogP contribution in [0.25, 0.3) is 61.5 Å². The highest BCUT2D eigenvalue weighted by atomic mass is 19.4. The lowest BCUT2D eigenvalue weighted by molar-refractivity contribution is -0.141. The molecule has 0 spiro atoms. The van der Waals surface area contributed by atoms with Crippen LogP contribution in [0, 0.1) is 26.6 Å². The second-order valence-corrected chi connectivity index (χ2v) is 36.2. The minimum absolute atomic E-state index is 0.0177. The highest BCUT2D eigenvalue weighted by molar-refractivity contribution is 6.17. The van der Waals surface area contributed by atoms with Crippen molar-refractivity contribution >= 4 is 110 Å². The number of pyridine rings is 4. The molecular weight excluding hydrogens is 1960 g/mol. The maximum atomic E-state index is 14.0. The molecule has 0 bridgehead atoms. The van der Waals surface area contributed by atoms with E-state index in [9.17, 15) is 95.4 Å². The number of rotatable bonds is 16. The summed E-state index contributed by atoms with van der Waals surface area (Å²) >= 11 is 0. The first kappa shape index (κ1) is 103.